The zero-order chi connectivity index (χ0) is 26.7. The lowest BCUT2D eigenvalue weighted by Crippen LogP contribution is -2.28. The van der Waals surface area contributed by atoms with Crippen molar-refractivity contribution in [1.29, 1.82) is 0 Å². The highest BCUT2D eigenvalue weighted by Gasteiger charge is 2.36. The van der Waals surface area contributed by atoms with Gasteiger partial charge in [0.25, 0.3) is 11.8 Å². The Hall–Kier alpha value is -3.66. The number of aryl methyl sites for hydroxylation is 1. The molecular weight excluding hydrogens is 514 g/mol. The van der Waals surface area contributed by atoms with Crippen molar-refractivity contribution in [2.24, 2.45) is 11.8 Å². The fourth-order valence-corrected chi connectivity index (χ4v) is 7.06. The number of rotatable bonds is 8. The van der Waals surface area contributed by atoms with Gasteiger partial charge in [0.1, 0.15) is 17.4 Å². The molecule has 0 saturated heterocycles. The third-order valence-electron chi connectivity index (χ3n) is 8.28. The van der Waals surface area contributed by atoms with Gasteiger partial charge < -0.3 is 25.3 Å². The Morgan fingerprint density at radius 1 is 1.15 bits per heavy atom. The monoisotopic (exact) mass is 545 g/mol. The van der Waals surface area contributed by atoms with Crippen LogP contribution in [-0.2, 0) is 24.1 Å². The third-order valence-corrected chi connectivity index (χ3v) is 9.57. The topological polar surface area (TPSA) is 114 Å². The van der Waals surface area contributed by atoms with Gasteiger partial charge in [0.05, 0.1) is 30.4 Å². The maximum absolute atomic E-state index is 13.5. The van der Waals surface area contributed by atoms with E-state index in [-0.39, 0.29) is 29.6 Å². The predicted octanol–water partition coefficient (Wildman–Crippen LogP) is 4.65. The summed E-state index contributed by atoms with van der Waals surface area (Å²) in [7, 11) is 1.61. The van der Waals surface area contributed by atoms with E-state index in [0.29, 0.717) is 53.8 Å². The number of benzene rings is 1. The zero-order valence-corrected chi connectivity index (χ0v) is 22.7. The maximum Gasteiger partial charge on any atom is 0.278 e. The van der Waals surface area contributed by atoms with Crippen molar-refractivity contribution in [3.63, 3.8) is 0 Å². The molecule has 3 aliphatic carbocycles. The molecule has 3 aromatic rings. The van der Waals surface area contributed by atoms with E-state index in [1.807, 2.05) is 16.7 Å². The number of amides is 2. The third kappa shape index (κ3) is 4.60. The number of methoxy groups -OCH3 is 1. The first-order chi connectivity index (χ1) is 19.0. The van der Waals surface area contributed by atoms with Crippen LogP contribution in [0.25, 0.3) is 0 Å². The fourth-order valence-electron chi connectivity index (χ4n) is 5.70. The van der Waals surface area contributed by atoms with Crippen molar-refractivity contribution in [3.8, 4) is 5.75 Å². The van der Waals surface area contributed by atoms with Gasteiger partial charge in [0.15, 0.2) is 5.69 Å². The highest BCUT2D eigenvalue weighted by molar-refractivity contribution is 7.12. The van der Waals surface area contributed by atoms with Crippen LogP contribution in [0.15, 0.2) is 24.5 Å². The van der Waals surface area contributed by atoms with Crippen molar-refractivity contribution in [1.82, 2.24) is 14.9 Å². The van der Waals surface area contributed by atoms with E-state index < -0.39 is 0 Å². The van der Waals surface area contributed by atoms with Crippen molar-refractivity contribution >= 4 is 46.1 Å². The molecule has 2 fully saturated rings. The number of aromatic nitrogens is 2. The number of nitrogens with one attached hydrogen (secondary N) is 3. The zero-order valence-electron chi connectivity index (χ0n) is 21.8. The van der Waals surface area contributed by atoms with Crippen LogP contribution in [0.3, 0.4) is 0 Å². The first-order valence-electron chi connectivity index (χ1n) is 13.8. The second-order valence-electron chi connectivity index (χ2n) is 11.1. The highest BCUT2D eigenvalue weighted by atomic mass is 32.1. The van der Waals surface area contributed by atoms with Crippen molar-refractivity contribution in [2.45, 2.75) is 57.4 Å². The summed E-state index contributed by atoms with van der Waals surface area (Å²) in [6.07, 6.45) is 8.64. The molecule has 2 amide bonds. The highest BCUT2D eigenvalue weighted by Crippen LogP contribution is 2.42. The molecular formula is C29H31N5O4S. The standard InChI is InChI=1S/C29H31N5O4S/c1-38-18-7-8-20-21(11-18)32-27-26(29(37)33-20)31-14-34(27)17-6-9-23-19(10-17)25(28(36)30-13-15-2-3-15)24(39-23)12-22(35)16-4-5-16/h7-8,11,14-17,32H,2-6,9-10,12-13H2,1H3,(H,30,36)(H,33,37)/t17-/m0/s1. The van der Waals surface area contributed by atoms with Gasteiger partial charge in [0, 0.05) is 40.7 Å². The molecule has 1 atom stereocenters. The van der Waals surface area contributed by atoms with E-state index in [2.05, 4.69) is 20.9 Å². The molecule has 10 heteroatoms. The van der Waals surface area contributed by atoms with Crippen LogP contribution in [0.2, 0.25) is 0 Å². The minimum absolute atomic E-state index is 0.0118. The fraction of sp³-hybridized carbons (Fsp3) is 0.448. The largest absolute Gasteiger partial charge is 0.497 e. The SMILES string of the molecule is COc1ccc2c(c1)Nc1c(ncn1[C@H]1CCc3sc(CC(=O)C4CC4)c(C(=O)NCC4CC4)c3C1)C(=O)N2. The maximum atomic E-state index is 13.5. The first-order valence-corrected chi connectivity index (χ1v) is 14.6. The molecule has 0 unspecified atom stereocenters. The van der Waals surface area contributed by atoms with Crippen LogP contribution >= 0.6 is 11.3 Å². The van der Waals surface area contributed by atoms with Gasteiger partial charge in [-0.3, -0.25) is 14.4 Å². The summed E-state index contributed by atoms with van der Waals surface area (Å²) in [6, 6.07) is 5.48. The van der Waals surface area contributed by atoms with E-state index in [1.54, 1.807) is 30.8 Å². The lowest BCUT2D eigenvalue weighted by molar-refractivity contribution is -0.119. The predicted molar refractivity (Wildman–Crippen MR) is 148 cm³/mol. The van der Waals surface area contributed by atoms with E-state index in [9.17, 15) is 14.4 Å². The van der Waals surface area contributed by atoms with Crippen LogP contribution < -0.4 is 20.7 Å². The number of imidazole rings is 1. The molecule has 1 aromatic carbocycles. The van der Waals surface area contributed by atoms with Crippen LogP contribution in [0.4, 0.5) is 17.2 Å². The number of ether oxygens (including phenoxy) is 1. The second-order valence-corrected chi connectivity index (χ2v) is 12.3. The number of hydrogen-bond acceptors (Lipinski definition) is 7. The molecule has 2 saturated carbocycles. The number of hydrogen-bond donors (Lipinski definition) is 3. The summed E-state index contributed by atoms with van der Waals surface area (Å²) in [5, 5.41) is 9.51. The van der Waals surface area contributed by atoms with Gasteiger partial charge in [-0.05, 0) is 68.6 Å². The van der Waals surface area contributed by atoms with Crippen molar-refractivity contribution < 1.29 is 19.1 Å². The Morgan fingerprint density at radius 3 is 2.77 bits per heavy atom. The average Bonchev–Trinajstić information content (AvgIpc) is 3.86. The van der Waals surface area contributed by atoms with Gasteiger partial charge in [-0.15, -0.1) is 11.3 Å². The Kier molecular flexibility index (Phi) is 5.95. The Bertz CT molecular complexity index is 1500. The number of ketones is 1. The molecule has 3 heterocycles. The molecule has 0 spiro atoms. The summed E-state index contributed by atoms with van der Waals surface area (Å²) >= 11 is 1.64. The summed E-state index contributed by atoms with van der Waals surface area (Å²) in [5.41, 5.74) is 3.48. The number of carbonyl (C=O) groups is 3. The molecule has 9 nitrogen and oxygen atoms in total. The van der Waals surface area contributed by atoms with Crippen LogP contribution in [0.1, 0.15) is 74.3 Å². The Labute approximate surface area is 230 Å². The van der Waals surface area contributed by atoms with Gasteiger partial charge in [-0.25, -0.2) is 4.98 Å². The number of fused-ring (bicyclic) bond motifs is 3. The summed E-state index contributed by atoms with van der Waals surface area (Å²) in [4.78, 5) is 45.9. The minimum Gasteiger partial charge on any atom is -0.497 e. The van der Waals surface area contributed by atoms with Crippen molar-refractivity contribution in [2.75, 3.05) is 24.3 Å². The molecule has 0 bridgehead atoms. The van der Waals surface area contributed by atoms with E-state index in [4.69, 9.17) is 4.74 Å². The first kappa shape index (κ1) is 24.4. The average molecular weight is 546 g/mol. The minimum atomic E-state index is -0.270. The molecule has 4 aliphatic rings. The molecule has 7 rings (SSSR count). The second kappa shape index (κ2) is 9.51. The number of nitrogens with zero attached hydrogens (tertiary/aromatic N) is 2. The van der Waals surface area contributed by atoms with Crippen LogP contribution in [0, 0.1) is 11.8 Å². The number of carbonyl (C=O) groups excluding carboxylic acids is 3. The molecule has 39 heavy (non-hydrogen) atoms. The molecule has 1 aliphatic heterocycles. The summed E-state index contributed by atoms with van der Waals surface area (Å²) < 4.78 is 7.42. The molecule has 2 aromatic heterocycles. The number of anilines is 3. The van der Waals surface area contributed by atoms with E-state index in [1.165, 1.54) is 17.7 Å². The number of Topliss-reactive ketones (excluding diaryl/α,β-unsaturated/α-hetero) is 1. The van der Waals surface area contributed by atoms with Crippen LogP contribution in [0.5, 0.6) is 5.75 Å². The van der Waals surface area contributed by atoms with Gasteiger partial charge in [-0.2, -0.15) is 0 Å². The van der Waals surface area contributed by atoms with Crippen LogP contribution in [-0.4, -0.2) is 40.8 Å². The Morgan fingerprint density at radius 2 is 2.00 bits per heavy atom. The molecule has 202 valence electrons. The van der Waals surface area contributed by atoms with E-state index in [0.717, 1.165) is 41.8 Å². The van der Waals surface area contributed by atoms with Gasteiger partial charge in [-0.1, -0.05) is 0 Å². The van der Waals surface area contributed by atoms with Gasteiger partial charge in [0.2, 0.25) is 0 Å². The summed E-state index contributed by atoms with van der Waals surface area (Å²) in [6.45, 7) is 0.694. The lowest BCUT2D eigenvalue weighted by Gasteiger charge is -2.26. The van der Waals surface area contributed by atoms with E-state index >= 15 is 0 Å². The quantitative estimate of drug-likeness (QED) is 0.380. The van der Waals surface area contributed by atoms with Gasteiger partial charge >= 0.3 is 0 Å². The summed E-state index contributed by atoms with van der Waals surface area (Å²) in [5.74, 6) is 1.99. The molecule has 3 N–H and O–H groups in total. The molecule has 0 radical (unpaired) electrons. The number of thiophene rings is 1. The smallest absolute Gasteiger partial charge is 0.278 e. The van der Waals surface area contributed by atoms with Crippen molar-refractivity contribution in [3.05, 3.63) is 51.1 Å². The Balaban J connectivity index is 1.21. The lowest BCUT2D eigenvalue weighted by atomic mass is 9.89. The normalized spacial score (nSPS) is 19.6.